The van der Waals surface area contributed by atoms with Gasteiger partial charge in [-0.05, 0) is 36.6 Å². The molecule has 138 valence electrons. The number of ether oxygens (including phenoxy) is 2. The fraction of sp³-hybridized carbons (Fsp3) is 0.529. The van der Waals surface area contributed by atoms with Gasteiger partial charge in [0, 0.05) is 36.1 Å². The van der Waals surface area contributed by atoms with Gasteiger partial charge in [-0.2, -0.15) is 0 Å². The van der Waals surface area contributed by atoms with Gasteiger partial charge >= 0.3 is 5.97 Å². The maximum absolute atomic E-state index is 12.0. The maximum Gasteiger partial charge on any atom is 0.326 e. The lowest BCUT2D eigenvalue weighted by atomic mass is 10.1. The number of rotatable bonds is 8. The lowest BCUT2D eigenvalue weighted by Crippen LogP contribution is -2.42. The van der Waals surface area contributed by atoms with Gasteiger partial charge in [0.2, 0.25) is 5.91 Å². The number of amides is 1. The molecule has 1 aromatic carbocycles. The molecule has 1 aliphatic rings. The number of carbonyl (C=O) groups excluding carboxylic acids is 1. The normalized spacial score (nSPS) is 16.4. The number of nitrogens with one attached hydrogen (secondary N) is 1. The SMILES string of the molecule is O=C(CCOC1CCOCC1)NC(Cc1cc(Cl)cc(Cl)c1)C(=O)O. The van der Waals surface area contributed by atoms with Crippen molar-refractivity contribution in [2.24, 2.45) is 0 Å². The van der Waals surface area contributed by atoms with E-state index in [2.05, 4.69) is 5.32 Å². The third-order valence-electron chi connectivity index (χ3n) is 3.85. The van der Waals surface area contributed by atoms with E-state index in [1.54, 1.807) is 18.2 Å². The molecule has 1 unspecified atom stereocenters. The van der Waals surface area contributed by atoms with Crippen LogP contribution in [0.3, 0.4) is 0 Å². The molecule has 0 radical (unpaired) electrons. The first-order valence-electron chi connectivity index (χ1n) is 8.10. The molecule has 6 nitrogen and oxygen atoms in total. The predicted molar refractivity (Wildman–Crippen MR) is 94.1 cm³/mol. The molecule has 2 N–H and O–H groups in total. The second-order valence-corrected chi connectivity index (χ2v) is 6.75. The second kappa shape index (κ2) is 9.97. The Morgan fingerprint density at radius 3 is 2.48 bits per heavy atom. The molecular formula is C17H21Cl2NO5. The van der Waals surface area contributed by atoms with Crippen molar-refractivity contribution in [3.8, 4) is 0 Å². The zero-order valence-electron chi connectivity index (χ0n) is 13.7. The number of hydrogen-bond acceptors (Lipinski definition) is 4. The van der Waals surface area contributed by atoms with Crippen molar-refractivity contribution < 1.29 is 24.2 Å². The largest absolute Gasteiger partial charge is 0.480 e. The third kappa shape index (κ3) is 7.20. The van der Waals surface area contributed by atoms with Gasteiger partial charge in [0.15, 0.2) is 0 Å². The van der Waals surface area contributed by atoms with Crippen molar-refractivity contribution >= 4 is 35.1 Å². The molecule has 1 fully saturated rings. The molecule has 0 aromatic heterocycles. The number of carboxylic acids is 1. The number of hydrogen-bond donors (Lipinski definition) is 2. The molecule has 0 spiro atoms. The number of carboxylic acid groups (broad SMARTS) is 1. The van der Waals surface area contributed by atoms with E-state index in [9.17, 15) is 14.7 Å². The van der Waals surface area contributed by atoms with Crippen LogP contribution < -0.4 is 5.32 Å². The van der Waals surface area contributed by atoms with Crippen molar-refractivity contribution in [1.29, 1.82) is 0 Å². The Kier molecular flexibility index (Phi) is 7.96. The summed E-state index contributed by atoms with van der Waals surface area (Å²) in [7, 11) is 0. The first kappa shape index (κ1) is 20.0. The monoisotopic (exact) mass is 389 g/mol. The smallest absolute Gasteiger partial charge is 0.326 e. The molecule has 8 heteroatoms. The Morgan fingerprint density at radius 2 is 1.88 bits per heavy atom. The van der Waals surface area contributed by atoms with Crippen LogP contribution in [0.4, 0.5) is 0 Å². The summed E-state index contributed by atoms with van der Waals surface area (Å²) < 4.78 is 10.9. The third-order valence-corrected chi connectivity index (χ3v) is 4.28. The summed E-state index contributed by atoms with van der Waals surface area (Å²) in [6, 6.07) is 3.77. The van der Waals surface area contributed by atoms with Crippen molar-refractivity contribution in [2.45, 2.75) is 37.8 Å². The number of carbonyl (C=O) groups is 2. The van der Waals surface area contributed by atoms with E-state index in [0.717, 1.165) is 12.8 Å². The highest BCUT2D eigenvalue weighted by Gasteiger charge is 2.21. The summed E-state index contributed by atoms with van der Waals surface area (Å²) in [5.74, 6) is -1.48. The molecule has 1 heterocycles. The summed E-state index contributed by atoms with van der Waals surface area (Å²) in [6.45, 7) is 1.59. The van der Waals surface area contributed by atoms with Crippen LogP contribution in [-0.2, 0) is 25.5 Å². The fourth-order valence-electron chi connectivity index (χ4n) is 2.59. The molecule has 1 saturated heterocycles. The van der Waals surface area contributed by atoms with Gasteiger partial charge in [0.25, 0.3) is 0 Å². The highest BCUT2D eigenvalue weighted by Crippen LogP contribution is 2.20. The van der Waals surface area contributed by atoms with Crippen LogP contribution in [0.25, 0.3) is 0 Å². The topological polar surface area (TPSA) is 84.9 Å². The lowest BCUT2D eigenvalue weighted by molar-refractivity contribution is -0.142. The molecule has 1 atom stereocenters. The standard InChI is InChI=1S/C17H21Cl2NO5/c18-12-7-11(8-13(19)10-12)9-15(17(22)23)20-16(21)3-6-25-14-1-4-24-5-2-14/h7-8,10,14-15H,1-6,9H2,(H,20,21)(H,22,23). The Morgan fingerprint density at radius 1 is 1.24 bits per heavy atom. The van der Waals surface area contributed by atoms with Gasteiger partial charge in [0.1, 0.15) is 6.04 Å². The quantitative estimate of drug-likeness (QED) is 0.713. The van der Waals surface area contributed by atoms with Gasteiger partial charge < -0.3 is 19.9 Å². The minimum atomic E-state index is -1.12. The first-order valence-corrected chi connectivity index (χ1v) is 8.86. The zero-order chi connectivity index (χ0) is 18.2. The summed E-state index contributed by atoms with van der Waals surface area (Å²) >= 11 is 11.8. The Labute approximate surface area is 156 Å². The zero-order valence-corrected chi connectivity index (χ0v) is 15.2. The molecule has 1 amide bonds. The van der Waals surface area contributed by atoms with E-state index in [1.807, 2.05) is 0 Å². The van der Waals surface area contributed by atoms with E-state index >= 15 is 0 Å². The Bertz CT molecular complexity index is 584. The van der Waals surface area contributed by atoms with E-state index < -0.39 is 12.0 Å². The van der Waals surface area contributed by atoms with E-state index in [1.165, 1.54) is 0 Å². The highest BCUT2D eigenvalue weighted by atomic mass is 35.5. The molecular weight excluding hydrogens is 369 g/mol. The summed E-state index contributed by atoms with van der Waals surface area (Å²) in [6.07, 6.45) is 1.94. The van der Waals surface area contributed by atoms with Gasteiger partial charge in [-0.3, -0.25) is 4.79 Å². The van der Waals surface area contributed by atoms with Gasteiger partial charge in [-0.25, -0.2) is 4.79 Å². The number of aliphatic carboxylic acids is 1. The van der Waals surface area contributed by atoms with E-state index in [-0.39, 0.29) is 31.5 Å². The fourth-order valence-corrected chi connectivity index (χ4v) is 3.16. The van der Waals surface area contributed by atoms with Crippen LogP contribution >= 0.6 is 23.2 Å². The summed E-state index contributed by atoms with van der Waals surface area (Å²) in [5, 5.41) is 12.7. The summed E-state index contributed by atoms with van der Waals surface area (Å²) in [4.78, 5) is 23.4. The van der Waals surface area contributed by atoms with Crippen LogP contribution in [0.2, 0.25) is 10.0 Å². The molecule has 0 bridgehead atoms. The Balaban J connectivity index is 1.81. The second-order valence-electron chi connectivity index (χ2n) is 5.87. The molecule has 0 aliphatic carbocycles. The van der Waals surface area contributed by atoms with Crippen molar-refractivity contribution in [2.75, 3.05) is 19.8 Å². The van der Waals surface area contributed by atoms with Crippen LogP contribution in [0.5, 0.6) is 0 Å². The van der Waals surface area contributed by atoms with Crippen LogP contribution in [0.1, 0.15) is 24.8 Å². The molecule has 1 aromatic rings. The van der Waals surface area contributed by atoms with Crippen molar-refractivity contribution in [3.05, 3.63) is 33.8 Å². The Hall–Kier alpha value is -1.34. The highest BCUT2D eigenvalue weighted by molar-refractivity contribution is 6.34. The van der Waals surface area contributed by atoms with Gasteiger partial charge in [0.05, 0.1) is 12.7 Å². The number of halogens is 2. The summed E-state index contributed by atoms with van der Waals surface area (Å²) in [5.41, 5.74) is 0.642. The molecule has 0 saturated carbocycles. The van der Waals surface area contributed by atoms with Gasteiger partial charge in [-0.15, -0.1) is 0 Å². The minimum absolute atomic E-state index is 0.0994. The van der Waals surface area contributed by atoms with E-state index in [4.69, 9.17) is 32.7 Å². The van der Waals surface area contributed by atoms with Crippen LogP contribution in [0.15, 0.2) is 18.2 Å². The first-order chi connectivity index (χ1) is 11.9. The molecule has 2 rings (SSSR count). The van der Waals surface area contributed by atoms with Crippen molar-refractivity contribution in [1.82, 2.24) is 5.32 Å². The average Bonchev–Trinajstić information content (AvgIpc) is 2.54. The average molecular weight is 390 g/mol. The van der Waals surface area contributed by atoms with Crippen LogP contribution in [-0.4, -0.2) is 48.9 Å². The predicted octanol–water partition coefficient (Wildman–Crippen LogP) is 2.69. The van der Waals surface area contributed by atoms with Crippen LogP contribution in [0, 0.1) is 0 Å². The maximum atomic E-state index is 12.0. The lowest BCUT2D eigenvalue weighted by Gasteiger charge is -2.22. The number of benzene rings is 1. The van der Waals surface area contributed by atoms with Gasteiger partial charge in [-0.1, -0.05) is 23.2 Å². The molecule has 25 heavy (non-hydrogen) atoms. The minimum Gasteiger partial charge on any atom is -0.480 e. The molecule has 1 aliphatic heterocycles. The van der Waals surface area contributed by atoms with Crippen molar-refractivity contribution in [3.63, 3.8) is 0 Å². The van der Waals surface area contributed by atoms with E-state index in [0.29, 0.717) is 28.8 Å².